The van der Waals surface area contributed by atoms with E-state index < -0.39 is 0 Å². The Bertz CT molecular complexity index is 1520. The summed E-state index contributed by atoms with van der Waals surface area (Å²) >= 11 is 1.29. The van der Waals surface area contributed by atoms with Crippen LogP contribution in [-0.4, -0.2) is 59.6 Å². The smallest absolute Gasteiger partial charge is 0.283 e. The van der Waals surface area contributed by atoms with Gasteiger partial charge in [0.1, 0.15) is 5.70 Å². The van der Waals surface area contributed by atoms with E-state index in [0.717, 1.165) is 16.9 Å². The third-order valence-electron chi connectivity index (χ3n) is 7.52. The molecule has 2 aliphatic heterocycles. The number of nitrogens with zero attached hydrogens (tertiary/aromatic N) is 4. The molecule has 0 N–H and O–H groups in total. The van der Waals surface area contributed by atoms with Crippen molar-refractivity contribution in [2.24, 2.45) is 4.99 Å². The molecule has 1 fully saturated rings. The van der Waals surface area contributed by atoms with E-state index in [0.29, 0.717) is 42.6 Å². The molecule has 0 radical (unpaired) electrons. The summed E-state index contributed by atoms with van der Waals surface area (Å²) in [6.45, 7) is 10.7. The first-order valence-electron chi connectivity index (χ1n) is 14.2. The van der Waals surface area contributed by atoms with Gasteiger partial charge in [-0.3, -0.25) is 19.3 Å². The van der Waals surface area contributed by atoms with Gasteiger partial charge in [-0.1, -0.05) is 75.0 Å². The number of benzene rings is 3. The van der Waals surface area contributed by atoms with Gasteiger partial charge in [-0.15, -0.1) is 0 Å². The SMILES string of the molecule is CC(=O)c1ccc(N2CCN(C(=O)CSC3=N/C(=C/c4ccc(C(C)(C)C)cc4)C(=O)N3c3ccccc3)CC2)cc1. The Balaban J connectivity index is 1.26. The minimum atomic E-state index is -0.208. The van der Waals surface area contributed by atoms with Crippen LogP contribution < -0.4 is 9.80 Å². The van der Waals surface area contributed by atoms with Crippen LogP contribution in [-0.2, 0) is 15.0 Å². The van der Waals surface area contributed by atoms with E-state index >= 15 is 0 Å². The molecule has 216 valence electrons. The van der Waals surface area contributed by atoms with Crippen LogP contribution in [0.4, 0.5) is 11.4 Å². The number of thioether (sulfide) groups is 1. The molecule has 2 amide bonds. The van der Waals surface area contributed by atoms with Crippen molar-refractivity contribution in [1.82, 2.24) is 4.90 Å². The first-order chi connectivity index (χ1) is 20.1. The van der Waals surface area contributed by atoms with Gasteiger partial charge in [-0.05, 0) is 65.9 Å². The van der Waals surface area contributed by atoms with Crippen molar-refractivity contribution in [2.45, 2.75) is 33.1 Å². The minimum absolute atomic E-state index is 0.0185. The average Bonchev–Trinajstić information content (AvgIpc) is 3.30. The van der Waals surface area contributed by atoms with Crippen LogP contribution in [0, 0.1) is 0 Å². The summed E-state index contributed by atoms with van der Waals surface area (Å²) < 4.78 is 0. The molecule has 0 aromatic heterocycles. The van der Waals surface area contributed by atoms with Gasteiger partial charge in [0, 0.05) is 37.4 Å². The number of ketones is 1. The third kappa shape index (κ3) is 6.65. The van der Waals surface area contributed by atoms with Crippen LogP contribution >= 0.6 is 11.8 Å². The quantitative estimate of drug-likeness (QED) is 0.264. The zero-order valence-corrected chi connectivity index (χ0v) is 25.4. The molecule has 0 spiro atoms. The topological polar surface area (TPSA) is 73.3 Å². The number of Topliss-reactive ketones (excluding diaryl/α,β-unsaturated/α-hetero) is 1. The van der Waals surface area contributed by atoms with E-state index in [9.17, 15) is 14.4 Å². The van der Waals surface area contributed by atoms with Crippen LogP contribution in [0.1, 0.15) is 49.2 Å². The standard InChI is InChI=1S/C34H36N4O3S/c1-24(39)26-12-16-28(17-13-26)36-18-20-37(21-19-36)31(40)23-42-33-35-30(32(41)38(33)29-8-6-5-7-9-29)22-25-10-14-27(15-11-25)34(2,3)4/h5-17,22H,18-21,23H2,1-4H3/b30-22+. The zero-order valence-electron chi connectivity index (χ0n) is 24.5. The van der Waals surface area contributed by atoms with Crippen LogP contribution in [0.5, 0.6) is 0 Å². The lowest BCUT2D eigenvalue weighted by Gasteiger charge is -2.36. The normalized spacial score (nSPS) is 16.7. The summed E-state index contributed by atoms with van der Waals surface area (Å²) in [5, 5.41) is 0.501. The number of hydrogen-bond acceptors (Lipinski definition) is 6. The number of aliphatic imine (C=N–C) groups is 1. The molecule has 0 unspecified atom stereocenters. The maximum Gasteiger partial charge on any atom is 0.283 e. The van der Waals surface area contributed by atoms with Gasteiger partial charge in [-0.2, -0.15) is 0 Å². The lowest BCUT2D eigenvalue weighted by atomic mass is 9.87. The van der Waals surface area contributed by atoms with Crippen molar-refractivity contribution in [2.75, 3.05) is 41.7 Å². The van der Waals surface area contributed by atoms with Crippen LogP contribution in [0.2, 0.25) is 0 Å². The molecule has 1 saturated heterocycles. The number of rotatable bonds is 6. The van der Waals surface area contributed by atoms with Crippen molar-refractivity contribution in [3.63, 3.8) is 0 Å². The van der Waals surface area contributed by atoms with E-state index in [1.807, 2.05) is 77.7 Å². The minimum Gasteiger partial charge on any atom is -0.368 e. The number of carbonyl (C=O) groups excluding carboxylic acids is 3. The fourth-order valence-electron chi connectivity index (χ4n) is 4.97. The Morgan fingerprint density at radius 3 is 2.10 bits per heavy atom. The lowest BCUT2D eigenvalue weighted by Crippen LogP contribution is -2.49. The van der Waals surface area contributed by atoms with Crippen LogP contribution in [0.25, 0.3) is 6.08 Å². The molecule has 0 saturated carbocycles. The maximum absolute atomic E-state index is 13.5. The Morgan fingerprint density at radius 2 is 1.50 bits per heavy atom. The predicted molar refractivity (Wildman–Crippen MR) is 172 cm³/mol. The second kappa shape index (κ2) is 12.4. The number of piperazine rings is 1. The highest BCUT2D eigenvalue weighted by molar-refractivity contribution is 8.14. The highest BCUT2D eigenvalue weighted by Crippen LogP contribution is 2.30. The second-order valence-electron chi connectivity index (χ2n) is 11.5. The highest BCUT2D eigenvalue weighted by Gasteiger charge is 2.33. The molecule has 0 atom stereocenters. The summed E-state index contributed by atoms with van der Waals surface area (Å²) in [4.78, 5) is 48.7. The predicted octanol–water partition coefficient (Wildman–Crippen LogP) is 6.01. The van der Waals surface area contributed by atoms with Crippen molar-refractivity contribution >= 4 is 52.0 Å². The molecular weight excluding hydrogens is 544 g/mol. The number of para-hydroxylation sites is 1. The average molecular weight is 581 g/mol. The molecule has 3 aromatic carbocycles. The van der Waals surface area contributed by atoms with Gasteiger partial charge in [0.05, 0.1) is 11.4 Å². The molecule has 0 aliphatic carbocycles. The van der Waals surface area contributed by atoms with Crippen molar-refractivity contribution in [3.05, 3.63) is 101 Å². The third-order valence-corrected chi connectivity index (χ3v) is 8.44. The molecule has 7 nitrogen and oxygen atoms in total. The molecule has 2 aliphatic rings. The fraction of sp³-hybridized carbons (Fsp3) is 0.294. The Kier molecular flexibility index (Phi) is 8.64. The lowest BCUT2D eigenvalue weighted by molar-refractivity contribution is -0.128. The molecular formula is C34H36N4O3S. The fourth-order valence-corrected chi connectivity index (χ4v) is 5.89. The molecule has 42 heavy (non-hydrogen) atoms. The van der Waals surface area contributed by atoms with E-state index in [1.165, 1.54) is 17.3 Å². The van der Waals surface area contributed by atoms with E-state index in [-0.39, 0.29) is 28.8 Å². The van der Waals surface area contributed by atoms with Crippen molar-refractivity contribution in [1.29, 1.82) is 0 Å². The van der Waals surface area contributed by atoms with E-state index in [4.69, 9.17) is 4.99 Å². The van der Waals surface area contributed by atoms with Crippen LogP contribution in [0.15, 0.2) is 89.6 Å². The Hall–Kier alpha value is -4.17. The monoisotopic (exact) mass is 580 g/mol. The summed E-state index contributed by atoms with van der Waals surface area (Å²) in [7, 11) is 0. The van der Waals surface area contributed by atoms with Gasteiger partial charge in [0.25, 0.3) is 5.91 Å². The van der Waals surface area contributed by atoms with Gasteiger partial charge in [0.15, 0.2) is 11.0 Å². The summed E-state index contributed by atoms with van der Waals surface area (Å²) in [6, 6.07) is 25.2. The summed E-state index contributed by atoms with van der Waals surface area (Å²) in [5.74, 6) is 0.0488. The van der Waals surface area contributed by atoms with Gasteiger partial charge < -0.3 is 9.80 Å². The van der Waals surface area contributed by atoms with Crippen LogP contribution in [0.3, 0.4) is 0 Å². The maximum atomic E-state index is 13.5. The number of hydrogen-bond donors (Lipinski definition) is 0. The number of carbonyl (C=O) groups is 3. The van der Waals surface area contributed by atoms with Gasteiger partial charge in [-0.25, -0.2) is 4.99 Å². The van der Waals surface area contributed by atoms with Gasteiger partial charge >= 0.3 is 0 Å². The Morgan fingerprint density at radius 1 is 0.857 bits per heavy atom. The largest absolute Gasteiger partial charge is 0.368 e. The number of amidine groups is 1. The molecule has 8 heteroatoms. The van der Waals surface area contributed by atoms with Gasteiger partial charge in [0.2, 0.25) is 5.91 Å². The zero-order chi connectivity index (χ0) is 29.9. The molecule has 3 aromatic rings. The van der Waals surface area contributed by atoms with E-state index in [1.54, 1.807) is 11.8 Å². The summed E-state index contributed by atoms with van der Waals surface area (Å²) in [5.41, 5.74) is 4.98. The first kappa shape index (κ1) is 29.3. The van der Waals surface area contributed by atoms with E-state index in [2.05, 4.69) is 37.8 Å². The molecule has 5 rings (SSSR count). The molecule has 2 heterocycles. The second-order valence-corrected chi connectivity index (χ2v) is 12.5. The highest BCUT2D eigenvalue weighted by atomic mass is 32.2. The van der Waals surface area contributed by atoms with Crippen molar-refractivity contribution < 1.29 is 14.4 Å². The summed E-state index contributed by atoms with van der Waals surface area (Å²) in [6.07, 6.45) is 1.81. The number of anilines is 2. The first-order valence-corrected chi connectivity index (χ1v) is 15.2. The van der Waals surface area contributed by atoms with Crippen molar-refractivity contribution in [3.8, 4) is 0 Å². The Labute approximate surface area is 251 Å². The molecule has 0 bridgehead atoms. The number of amides is 2.